The molecule has 2 fully saturated rings. The van der Waals surface area contributed by atoms with Crippen LogP contribution >= 0.6 is 15.9 Å². The first kappa shape index (κ1) is 21.9. The van der Waals surface area contributed by atoms with E-state index >= 15 is 0 Å². The summed E-state index contributed by atoms with van der Waals surface area (Å²) in [4.78, 5) is 16.5. The minimum atomic E-state index is -0.301. The Labute approximate surface area is 209 Å². The van der Waals surface area contributed by atoms with Crippen molar-refractivity contribution in [1.29, 1.82) is 0 Å². The number of halogens is 1. The molecule has 1 amide bonds. The van der Waals surface area contributed by atoms with E-state index in [0.29, 0.717) is 19.1 Å². The van der Waals surface area contributed by atoms with Crippen molar-refractivity contribution in [3.8, 4) is 5.75 Å². The third-order valence-corrected chi connectivity index (χ3v) is 8.55. The maximum atomic E-state index is 14.3. The molecule has 6 rings (SSSR count). The lowest BCUT2D eigenvalue weighted by atomic mass is 9.72. The van der Waals surface area contributed by atoms with Crippen LogP contribution in [-0.2, 0) is 10.2 Å². The average Bonchev–Trinajstić information content (AvgIpc) is 3.48. The number of rotatable bonds is 3. The number of ether oxygens (including phenoxy) is 1. The van der Waals surface area contributed by atoms with Gasteiger partial charge in [-0.1, -0.05) is 82.7 Å². The zero-order valence-electron chi connectivity index (χ0n) is 19.1. The van der Waals surface area contributed by atoms with Gasteiger partial charge in [0.05, 0.1) is 17.4 Å². The number of carbonyl (C=O) groups excluding carboxylic acids is 1. The first-order chi connectivity index (χ1) is 16.7. The van der Waals surface area contributed by atoms with Crippen LogP contribution in [0.2, 0.25) is 0 Å². The summed E-state index contributed by atoms with van der Waals surface area (Å²) < 4.78 is 7.13. The molecule has 1 spiro atoms. The third kappa shape index (κ3) is 3.66. The Balaban J connectivity index is 1.33. The topological polar surface area (TPSA) is 41.6 Å². The number of hydrogen-bond donors (Lipinski definition) is 1. The summed E-state index contributed by atoms with van der Waals surface area (Å²) in [6.45, 7) is 2.80. The van der Waals surface area contributed by atoms with Crippen LogP contribution in [0.1, 0.15) is 41.5 Å². The summed E-state index contributed by atoms with van der Waals surface area (Å²) in [6, 6.07) is 27.6. The van der Waals surface area contributed by atoms with Gasteiger partial charge in [0.2, 0.25) is 5.91 Å². The van der Waals surface area contributed by atoms with Gasteiger partial charge in [0.15, 0.2) is 0 Å². The highest BCUT2D eigenvalue weighted by molar-refractivity contribution is 9.10. The van der Waals surface area contributed by atoms with E-state index in [2.05, 4.69) is 92.9 Å². The summed E-state index contributed by atoms with van der Waals surface area (Å²) in [5.41, 5.74) is 3.46. The van der Waals surface area contributed by atoms with E-state index in [-0.39, 0.29) is 23.3 Å². The number of hydrogen-bond acceptors (Lipinski definition) is 3. The van der Waals surface area contributed by atoms with Gasteiger partial charge in [0.1, 0.15) is 12.4 Å². The number of amides is 1. The van der Waals surface area contributed by atoms with Crippen LogP contribution in [0.3, 0.4) is 0 Å². The molecule has 0 unspecified atom stereocenters. The second-order valence-corrected chi connectivity index (χ2v) is 10.8. The van der Waals surface area contributed by atoms with Crippen molar-refractivity contribution in [2.45, 2.75) is 30.2 Å². The fraction of sp³-hybridized carbons (Fsp3) is 0.345. The zero-order valence-corrected chi connectivity index (χ0v) is 20.7. The number of nitrogens with zero attached hydrogens (tertiary/aromatic N) is 1. The Morgan fingerprint density at radius 3 is 2.50 bits per heavy atom. The van der Waals surface area contributed by atoms with Gasteiger partial charge in [-0.2, -0.15) is 0 Å². The monoisotopic (exact) mass is 516 g/mol. The Morgan fingerprint density at radius 2 is 1.74 bits per heavy atom. The Morgan fingerprint density at radius 1 is 1.00 bits per heavy atom. The van der Waals surface area contributed by atoms with Crippen LogP contribution in [0.25, 0.3) is 0 Å². The van der Waals surface area contributed by atoms with Gasteiger partial charge in [0.25, 0.3) is 0 Å². The molecular weight excluding hydrogens is 488 g/mol. The zero-order chi connectivity index (χ0) is 23.1. The number of piperidine rings is 1. The first-order valence-corrected chi connectivity index (χ1v) is 13.0. The van der Waals surface area contributed by atoms with Gasteiger partial charge in [-0.3, -0.25) is 4.79 Å². The molecule has 3 aromatic carbocycles. The largest absolute Gasteiger partial charge is 0.492 e. The van der Waals surface area contributed by atoms with Crippen molar-refractivity contribution in [3.63, 3.8) is 0 Å². The molecule has 4 nitrogen and oxygen atoms in total. The van der Waals surface area contributed by atoms with E-state index in [0.717, 1.165) is 41.7 Å². The Bertz CT molecular complexity index is 1190. The van der Waals surface area contributed by atoms with E-state index < -0.39 is 0 Å². The predicted molar refractivity (Wildman–Crippen MR) is 137 cm³/mol. The molecule has 0 radical (unpaired) electrons. The molecule has 2 saturated heterocycles. The molecule has 0 saturated carbocycles. The summed E-state index contributed by atoms with van der Waals surface area (Å²) in [5, 5.41) is 3.53. The number of carbonyl (C=O) groups is 1. The first-order valence-electron chi connectivity index (χ1n) is 12.2. The molecule has 0 aromatic heterocycles. The molecule has 34 heavy (non-hydrogen) atoms. The second-order valence-electron chi connectivity index (χ2n) is 9.86. The summed E-state index contributed by atoms with van der Waals surface area (Å²) in [7, 11) is 0. The predicted octanol–water partition coefficient (Wildman–Crippen LogP) is 5.45. The van der Waals surface area contributed by atoms with Gasteiger partial charge in [-0.25, -0.2) is 0 Å². The molecule has 174 valence electrons. The normalized spacial score (nSPS) is 28.0. The highest BCUT2D eigenvalue weighted by Crippen LogP contribution is 2.48. The molecule has 1 N–H and O–H groups in total. The summed E-state index contributed by atoms with van der Waals surface area (Å²) in [6.07, 6.45) is 1.94. The van der Waals surface area contributed by atoms with Gasteiger partial charge in [-0.05, 0) is 42.0 Å². The molecule has 3 heterocycles. The lowest BCUT2D eigenvalue weighted by Crippen LogP contribution is -2.50. The fourth-order valence-corrected chi connectivity index (χ4v) is 6.62. The summed E-state index contributed by atoms with van der Waals surface area (Å²) >= 11 is 3.56. The van der Waals surface area contributed by atoms with Gasteiger partial charge < -0.3 is 15.0 Å². The number of fused-ring (bicyclic) bond motifs is 2. The lowest BCUT2D eigenvalue weighted by Gasteiger charge is -2.43. The maximum absolute atomic E-state index is 14.3. The van der Waals surface area contributed by atoms with Crippen molar-refractivity contribution >= 4 is 21.8 Å². The van der Waals surface area contributed by atoms with Crippen LogP contribution in [0.15, 0.2) is 83.3 Å². The van der Waals surface area contributed by atoms with Crippen molar-refractivity contribution < 1.29 is 9.53 Å². The summed E-state index contributed by atoms with van der Waals surface area (Å²) in [5.74, 6) is 1.48. The third-order valence-electron chi connectivity index (χ3n) is 8.06. The van der Waals surface area contributed by atoms with Gasteiger partial charge >= 0.3 is 0 Å². The quantitative estimate of drug-likeness (QED) is 0.503. The molecule has 0 bridgehead atoms. The minimum absolute atomic E-state index is 0.0806. The molecule has 3 aliphatic rings. The second kappa shape index (κ2) is 8.86. The van der Waals surface area contributed by atoms with E-state index in [1.54, 1.807) is 0 Å². The molecule has 4 atom stereocenters. The van der Waals surface area contributed by atoms with Crippen LogP contribution in [0.5, 0.6) is 5.75 Å². The average molecular weight is 517 g/mol. The SMILES string of the molecule is O=C([C@@H]1CNC[C@]12COc1cc(Br)ccc12)N1CC[C@@H](c2ccccc2)C[C@H]1c1ccccc1. The fourth-order valence-electron chi connectivity index (χ4n) is 6.28. The van der Waals surface area contributed by atoms with E-state index in [1.165, 1.54) is 11.1 Å². The van der Waals surface area contributed by atoms with Crippen LogP contribution in [0.4, 0.5) is 0 Å². The van der Waals surface area contributed by atoms with Crippen molar-refractivity contribution in [1.82, 2.24) is 10.2 Å². The lowest BCUT2D eigenvalue weighted by molar-refractivity contribution is -0.141. The smallest absolute Gasteiger partial charge is 0.228 e. The molecule has 3 aliphatic heterocycles. The Kier molecular flexibility index (Phi) is 5.70. The highest BCUT2D eigenvalue weighted by Gasteiger charge is 2.54. The maximum Gasteiger partial charge on any atom is 0.228 e. The number of likely N-dealkylation sites (tertiary alicyclic amines) is 1. The van der Waals surface area contributed by atoms with Gasteiger partial charge in [0, 0.05) is 29.7 Å². The van der Waals surface area contributed by atoms with E-state index in [4.69, 9.17) is 4.74 Å². The number of benzene rings is 3. The van der Waals surface area contributed by atoms with E-state index in [9.17, 15) is 4.79 Å². The van der Waals surface area contributed by atoms with E-state index in [1.807, 2.05) is 12.1 Å². The molecule has 3 aromatic rings. The van der Waals surface area contributed by atoms with Gasteiger partial charge in [-0.15, -0.1) is 0 Å². The molecule has 0 aliphatic carbocycles. The van der Waals surface area contributed by atoms with Crippen LogP contribution in [0, 0.1) is 5.92 Å². The molecular formula is C29H29BrN2O2. The standard InChI is InChI=1S/C29H29BrN2O2/c30-23-11-12-24-27(16-23)34-19-29(24)18-31-17-25(29)28(33)32-14-13-22(20-7-3-1-4-8-20)15-26(32)21-9-5-2-6-10-21/h1-12,16,22,25-26,31H,13-15,17-19H2/t22-,25+,26+,29-/m1/s1. The van der Waals surface area contributed by atoms with Crippen LogP contribution < -0.4 is 10.1 Å². The number of nitrogens with one attached hydrogen (secondary N) is 1. The van der Waals surface area contributed by atoms with Crippen LogP contribution in [-0.4, -0.2) is 37.0 Å². The Hall–Kier alpha value is -2.63. The van der Waals surface area contributed by atoms with Crippen molar-refractivity contribution in [3.05, 3.63) is 100 Å². The highest BCUT2D eigenvalue weighted by atomic mass is 79.9. The van der Waals surface area contributed by atoms with Crippen molar-refractivity contribution in [2.75, 3.05) is 26.2 Å². The van der Waals surface area contributed by atoms with Crippen molar-refractivity contribution in [2.24, 2.45) is 5.92 Å². The molecule has 5 heteroatoms. The minimum Gasteiger partial charge on any atom is -0.492 e.